The Labute approximate surface area is 147 Å². The van der Waals surface area contributed by atoms with Crippen LogP contribution in [0.3, 0.4) is 0 Å². The number of aromatic nitrogens is 2. The summed E-state index contributed by atoms with van der Waals surface area (Å²) in [5, 5.41) is 3.52. The molecule has 2 aromatic rings. The van der Waals surface area contributed by atoms with Crippen LogP contribution in [0.2, 0.25) is 0 Å². The molecule has 0 fully saturated rings. The van der Waals surface area contributed by atoms with Gasteiger partial charge in [-0.25, -0.2) is 4.98 Å². The Morgan fingerprint density at radius 3 is 2.92 bits per heavy atom. The molecule has 0 spiro atoms. The number of hydrogen-bond donors (Lipinski definition) is 1. The molecule has 134 valence electrons. The van der Waals surface area contributed by atoms with E-state index in [1.807, 2.05) is 14.1 Å². The van der Waals surface area contributed by atoms with E-state index < -0.39 is 0 Å². The van der Waals surface area contributed by atoms with E-state index in [9.17, 15) is 9.59 Å². The molecule has 3 rings (SSSR count). The van der Waals surface area contributed by atoms with Crippen LogP contribution in [-0.4, -0.2) is 47.5 Å². The van der Waals surface area contributed by atoms with E-state index in [2.05, 4.69) is 15.2 Å². The highest BCUT2D eigenvalue weighted by Crippen LogP contribution is 2.16. The maximum Gasteiger partial charge on any atom is 0.261 e. The van der Waals surface area contributed by atoms with Gasteiger partial charge in [0.2, 0.25) is 0 Å². The lowest BCUT2D eigenvalue weighted by atomic mass is 10.1. The first-order valence-corrected chi connectivity index (χ1v) is 9.02. The number of amides is 1. The monoisotopic (exact) mass is 342 g/mol. The SMILES string of the molecule is CN(C)CCCNC(=O)c1ccc2c(=O)n3c(nc2c1)CCCCC3. The van der Waals surface area contributed by atoms with Crippen LogP contribution in [0, 0.1) is 0 Å². The summed E-state index contributed by atoms with van der Waals surface area (Å²) in [5.41, 5.74) is 1.20. The number of aryl methyl sites for hydroxylation is 1. The number of rotatable bonds is 5. The lowest BCUT2D eigenvalue weighted by Gasteiger charge is -2.12. The molecule has 0 saturated heterocycles. The molecular formula is C19H26N4O2. The van der Waals surface area contributed by atoms with Crippen molar-refractivity contribution in [1.29, 1.82) is 0 Å². The van der Waals surface area contributed by atoms with Crippen LogP contribution in [0.25, 0.3) is 10.9 Å². The zero-order valence-electron chi connectivity index (χ0n) is 15.0. The van der Waals surface area contributed by atoms with Gasteiger partial charge in [0.05, 0.1) is 10.9 Å². The molecule has 0 atom stereocenters. The molecule has 1 aliphatic heterocycles. The van der Waals surface area contributed by atoms with Gasteiger partial charge in [0.1, 0.15) is 5.82 Å². The van der Waals surface area contributed by atoms with Gasteiger partial charge in [0.15, 0.2) is 0 Å². The fourth-order valence-electron chi connectivity index (χ4n) is 3.26. The first-order chi connectivity index (χ1) is 12.1. The van der Waals surface area contributed by atoms with Gasteiger partial charge in [-0.05, 0) is 58.1 Å². The van der Waals surface area contributed by atoms with Crippen molar-refractivity contribution in [1.82, 2.24) is 19.8 Å². The minimum Gasteiger partial charge on any atom is -0.352 e. The molecule has 1 aliphatic rings. The minimum absolute atomic E-state index is 0.0137. The summed E-state index contributed by atoms with van der Waals surface area (Å²) in [5.74, 6) is 0.732. The molecule has 0 unspecified atom stereocenters. The minimum atomic E-state index is -0.113. The fourth-order valence-corrected chi connectivity index (χ4v) is 3.26. The number of benzene rings is 1. The predicted molar refractivity (Wildman–Crippen MR) is 99.1 cm³/mol. The van der Waals surface area contributed by atoms with Crippen molar-refractivity contribution in [3.8, 4) is 0 Å². The van der Waals surface area contributed by atoms with Gasteiger partial charge in [-0.15, -0.1) is 0 Å². The van der Waals surface area contributed by atoms with E-state index in [0.717, 1.165) is 51.0 Å². The summed E-state index contributed by atoms with van der Waals surface area (Å²) >= 11 is 0. The average molecular weight is 342 g/mol. The fraction of sp³-hybridized carbons (Fsp3) is 0.526. The van der Waals surface area contributed by atoms with Crippen molar-refractivity contribution in [3.05, 3.63) is 39.9 Å². The molecule has 6 heteroatoms. The molecule has 1 aromatic carbocycles. The summed E-state index contributed by atoms with van der Waals surface area (Å²) in [4.78, 5) is 31.8. The van der Waals surface area contributed by atoms with Crippen LogP contribution in [-0.2, 0) is 13.0 Å². The number of hydrogen-bond acceptors (Lipinski definition) is 4. The normalized spacial score (nSPS) is 14.4. The second-order valence-electron chi connectivity index (χ2n) is 6.94. The summed E-state index contributed by atoms with van der Waals surface area (Å²) in [7, 11) is 4.02. The van der Waals surface area contributed by atoms with E-state index in [0.29, 0.717) is 23.0 Å². The highest BCUT2D eigenvalue weighted by atomic mass is 16.1. The van der Waals surface area contributed by atoms with Crippen molar-refractivity contribution in [2.24, 2.45) is 0 Å². The van der Waals surface area contributed by atoms with E-state index in [4.69, 9.17) is 0 Å². The van der Waals surface area contributed by atoms with E-state index in [1.54, 1.807) is 22.8 Å². The van der Waals surface area contributed by atoms with Gasteiger partial charge in [0.25, 0.3) is 11.5 Å². The smallest absolute Gasteiger partial charge is 0.261 e. The molecule has 2 heterocycles. The second kappa shape index (κ2) is 7.78. The molecule has 1 N–H and O–H groups in total. The molecule has 0 saturated carbocycles. The highest BCUT2D eigenvalue weighted by Gasteiger charge is 2.15. The zero-order valence-corrected chi connectivity index (χ0v) is 15.0. The van der Waals surface area contributed by atoms with Gasteiger partial charge in [-0.3, -0.25) is 14.2 Å². The first-order valence-electron chi connectivity index (χ1n) is 9.02. The van der Waals surface area contributed by atoms with Gasteiger partial charge >= 0.3 is 0 Å². The van der Waals surface area contributed by atoms with Crippen LogP contribution >= 0.6 is 0 Å². The van der Waals surface area contributed by atoms with Crippen molar-refractivity contribution < 1.29 is 4.79 Å². The third-order valence-electron chi connectivity index (χ3n) is 4.65. The Hall–Kier alpha value is -2.21. The molecular weight excluding hydrogens is 316 g/mol. The Morgan fingerprint density at radius 1 is 1.28 bits per heavy atom. The van der Waals surface area contributed by atoms with Crippen LogP contribution in [0.1, 0.15) is 41.9 Å². The summed E-state index contributed by atoms with van der Waals surface area (Å²) < 4.78 is 1.80. The lowest BCUT2D eigenvalue weighted by Crippen LogP contribution is -2.27. The van der Waals surface area contributed by atoms with Gasteiger partial charge in [-0.2, -0.15) is 0 Å². The van der Waals surface area contributed by atoms with Crippen molar-refractivity contribution in [2.45, 2.75) is 38.6 Å². The first kappa shape index (κ1) is 17.6. The van der Waals surface area contributed by atoms with Crippen LogP contribution in [0.5, 0.6) is 0 Å². The quantitative estimate of drug-likeness (QED) is 0.842. The molecule has 25 heavy (non-hydrogen) atoms. The number of carbonyl (C=O) groups is 1. The Kier molecular flexibility index (Phi) is 5.48. The number of carbonyl (C=O) groups excluding carboxylic acids is 1. The topological polar surface area (TPSA) is 67.2 Å². The maximum absolute atomic E-state index is 12.7. The van der Waals surface area contributed by atoms with Gasteiger partial charge in [-0.1, -0.05) is 6.42 Å². The molecule has 0 bridgehead atoms. The van der Waals surface area contributed by atoms with Gasteiger partial charge in [0, 0.05) is 25.1 Å². The largest absolute Gasteiger partial charge is 0.352 e. The molecule has 1 aromatic heterocycles. The molecule has 0 aliphatic carbocycles. The third kappa shape index (κ3) is 4.07. The number of nitrogens with one attached hydrogen (secondary N) is 1. The molecule has 1 amide bonds. The van der Waals surface area contributed by atoms with Gasteiger partial charge < -0.3 is 10.2 Å². The number of fused-ring (bicyclic) bond motifs is 2. The second-order valence-corrected chi connectivity index (χ2v) is 6.94. The van der Waals surface area contributed by atoms with Crippen LogP contribution < -0.4 is 10.9 Å². The van der Waals surface area contributed by atoms with Crippen molar-refractivity contribution >= 4 is 16.8 Å². The Morgan fingerprint density at radius 2 is 2.12 bits per heavy atom. The summed E-state index contributed by atoms with van der Waals surface area (Å²) in [6.07, 6.45) is 4.93. The maximum atomic E-state index is 12.7. The lowest BCUT2D eigenvalue weighted by molar-refractivity contribution is 0.0952. The standard InChI is InChI=1S/C19H26N4O2/c1-22(2)11-6-10-20-18(24)14-8-9-15-16(13-14)21-17-7-4-3-5-12-23(17)19(15)25/h8-9,13H,3-7,10-12H2,1-2H3,(H,20,24). The highest BCUT2D eigenvalue weighted by molar-refractivity contribution is 5.97. The Bertz CT molecular complexity index is 826. The predicted octanol–water partition coefficient (Wildman–Crippen LogP) is 1.80. The third-order valence-corrected chi connectivity index (χ3v) is 4.65. The number of nitrogens with zero attached hydrogens (tertiary/aromatic N) is 3. The van der Waals surface area contributed by atoms with E-state index >= 15 is 0 Å². The van der Waals surface area contributed by atoms with E-state index in [1.165, 1.54) is 0 Å². The summed E-state index contributed by atoms with van der Waals surface area (Å²) in [6, 6.07) is 5.19. The molecule has 0 radical (unpaired) electrons. The Balaban J connectivity index is 1.82. The zero-order chi connectivity index (χ0) is 17.8. The average Bonchev–Trinajstić information content (AvgIpc) is 2.83. The molecule has 6 nitrogen and oxygen atoms in total. The van der Waals surface area contributed by atoms with Crippen LogP contribution in [0.4, 0.5) is 0 Å². The van der Waals surface area contributed by atoms with Crippen LogP contribution in [0.15, 0.2) is 23.0 Å². The summed E-state index contributed by atoms with van der Waals surface area (Å²) in [6.45, 7) is 2.31. The van der Waals surface area contributed by atoms with Crippen molar-refractivity contribution in [3.63, 3.8) is 0 Å². The van der Waals surface area contributed by atoms with E-state index in [-0.39, 0.29) is 11.5 Å². The van der Waals surface area contributed by atoms with Crippen molar-refractivity contribution in [2.75, 3.05) is 27.2 Å².